The predicted molar refractivity (Wildman–Crippen MR) is 80.8 cm³/mol. The lowest BCUT2D eigenvalue weighted by Gasteiger charge is -1.94. The summed E-state index contributed by atoms with van der Waals surface area (Å²) < 4.78 is 0.881. The maximum absolute atomic E-state index is 10.9. The molecule has 104 valence electrons. The number of azo groups is 1. The maximum Gasteiger partial charge on any atom is 0.296 e. The Hall–Kier alpha value is -2.80. The van der Waals surface area contributed by atoms with E-state index in [1.54, 1.807) is 18.2 Å². The summed E-state index contributed by atoms with van der Waals surface area (Å²) >= 11 is 1.28. The predicted octanol–water partition coefficient (Wildman–Crippen LogP) is 4.93. The van der Waals surface area contributed by atoms with E-state index < -0.39 is 4.92 Å². The van der Waals surface area contributed by atoms with Crippen molar-refractivity contribution in [3.8, 4) is 5.75 Å². The smallest absolute Gasteiger partial charge is 0.296 e. The Morgan fingerprint density at radius 2 is 1.76 bits per heavy atom. The Labute approximate surface area is 123 Å². The van der Waals surface area contributed by atoms with E-state index in [-0.39, 0.29) is 17.1 Å². The van der Waals surface area contributed by atoms with Crippen molar-refractivity contribution in [3.63, 3.8) is 0 Å². The molecule has 0 amide bonds. The van der Waals surface area contributed by atoms with Crippen LogP contribution >= 0.6 is 11.3 Å². The molecule has 7 heteroatoms. The molecule has 1 heterocycles. The third-order valence-corrected chi connectivity index (χ3v) is 3.92. The van der Waals surface area contributed by atoms with Gasteiger partial charge in [-0.1, -0.05) is 24.3 Å². The summed E-state index contributed by atoms with van der Waals surface area (Å²) in [6, 6.07) is 13.4. The zero-order chi connectivity index (χ0) is 14.8. The quantitative estimate of drug-likeness (QED) is 0.422. The van der Waals surface area contributed by atoms with Crippen molar-refractivity contribution in [1.82, 2.24) is 0 Å². The summed E-state index contributed by atoms with van der Waals surface area (Å²) in [5.41, 5.74) is 0.0289. The molecule has 0 saturated carbocycles. The van der Waals surface area contributed by atoms with Gasteiger partial charge in [0, 0.05) is 16.2 Å². The fourth-order valence-corrected chi connectivity index (χ4v) is 2.81. The molecule has 0 aliphatic carbocycles. The van der Waals surface area contributed by atoms with Crippen LogP contribution < -0.4 is 0 Å². The number of hydrogen-bond donors (Lipinski definition) is 1. The molecule has 0 fully saturated rings. The van der Waals surface area contributed by atoms with E-state index >= 15 is 0 Å². The summed E-state index contributed by atoms with van der Waals surface area (Å²) in [6.07, 6.45) is 0. The summed E-state index contributed by atoms with van der Waals surface area (Å²) in [6.45, 7) is 0. The number of thiophene rings is 1. The molecular weight excluding hydrogens is 290 g/mol. The van der Waals surface area contributed by atoms with Crippen LogP contribution in [0, 0.1) is 10.1 Å². The van der Waals surface area contributed by atoms with Crippen molar-refractivity contribution in [2.45, 2.75) is 0 Å². The molecule has 1 N–H and O–H groups in total. The van der Waals surface area contributed by atoms with Crippen molar-refractivity contribution < 1.29 is 10.0 Å². The Balaban J connectivity index is 2.02. The van der Waals surface area contributed by atoms with Gasteiger partial charge in [0.25, 0.3) is 5.69 Å². The van der Waals surface area contributed by atoms with Crippen LogP contribution in [-0.4, -0.2) is 10.0 Å². The average molecular weight is 299 g/mol. The van der Waals surface area contributed by atoms with Gasteiger partial charge in [0.15, 0.2) is 16.4 Å². The van der Waals surface area contributed by atoms with E-state index in [0.29, 0.717) is 10.4 Å². The summed E-state index contributed by atoms with van der Waals surface area (Å²) in [5, 5.41) is 29.8. The zero-order valence-electron chi connectivity index (χ0n) is 10.6. The van der Waals surface area contributed by atoms with E-state index in [1.807, 2.05) is 18.2 Å². The lowest BCUT2D eigenvalue weighted by molar-refractivity contribution is -0.384. The number of aromatic hydroxyl groups is 1. The van der Waals surface area contributed by atoms with Gasteiger partial charge in [-0.25, -0.2) is 0 Å². The lowest BCUT2D eigenvalue weighted by atomic mass is 10.2. The van der Waals surface area contributed by atoms with Gasteiger partial charge in [0.2, 0.25) is 0 Å². The monoisotopic (exact) mass is 299 g/mol. The highest BCUT2D eigenvalue weighted by Gasteiger charge is 2.13. The second-order valence-corrected chi connectivity index (χ2v) is 5.23. The first-order valence-electron chi connectivity index (χ1n) is 6.02. The Bertz CT molecular complexity index is 858. The van der Waals surface area contributed by atoms with Gasteiger partial charge in [-0.05, 0) is 18.2 Å². The minimum Gasteiger partial charge on any atom is -0.504 e. The van der Waals surface area contributed by atoms with Crippen molar-refractivity contribution in [2.75, 3.05) is 0 Å². The minimum atomic E-state index is -0.515. The van der Waals surface area contributed by atoms with Gasteiger partial charge in [-0.2, -0.15) is 0 Å². The molecule has 3 rings (SSSR count). The lowest BCUT2D eigenvalue weighted by Crippen LogP contribution is -1.86. The van der Waals surface area contributed by atoms with Crippen LogP contribution in [0.5, 0.6) is 5.75 Å². The fraction of sp³-hybridized carbons (Fsp3) is 0. The number of para-hydroxylation sites is 1. The molecule has 0 unspecified atom stereocenters. The molecule has 3 aromatic rings. The summed E-state index contributed by atoms with van der Waals surface area (Å²) in [5.74, 6) is 0.0398. The highest BCUT2D eigenvalue weighted by atomic mass is 32.1. The first-order chi connectivity index (χ1) is 10.2. The maximum atomic E-state index is 10.9. The van der Waals surface area contributed by atoms with E-state index in [4.69, 9.17) is 0 Å². The van der Waals surface area contributed by atoms with Crippen LogP contribution in [-0.2, 0) is 0 Å². The molecule has 2 aromatic carbocycles. The Morgan fingerprint density at radius 3 is 2.52 bits per heavy atom. The van der Waals surface area contributed by atoms with Gasteiger partial charge >= 0.3 is 0 Å². The fourth-order valence-electron chi connectivity index (χ4n) is 1.89. The molecule has 1 aromatic heterocycles. The van der Waals surface area contributed by atoms with E-state index in [0.717, 1.165) is 4.70 Å². The molecule has 0 bridgehead atoms. The van der Waals surface area contributed by atoms with Gasteiger partial charge < -0.3 is 5.11 Å². The topological polar surface area (TPSA) is 88.1 Å². The van der Waals surface area contributed by atoms with Crippen LogP contribution in [0.25, 0.3) is 10.1 Å². The zero-order valence-corrected chi connectivity index (χ0v) is 11.4. The molecule has 0 radical (unpaired) electrons. The van der Waals surface area contributed by atoms with Gasteiger partial charge in [0.05, 0.1) is 4.92 Å². The van der Waals surface area contributed by atoms with Gasteiger partial charge in [-0.3, -0.25) is 10.1 Å². The second kappa shape index (κ2) is 5.29. The van der Waals surface area contributed by atoms with E-state index in [9.17, 15) is 15.2 Å². The Morgan fingerprint density at radius 1 is 1.05 bits per heavy atom. The number of fused-ring (bicyclic) bond motifs is 1. The van der Waals surface area contributed by atoms with Crippen LogP contribution in [0.3, 0.4) is 0 Å². The number of benzene rings is 2. The second-order valence-electron chi connectivity index (χ2n) is 4.20. The number of nitro benzene ring substituents is 1. The largest absolute Gasteiger partial charge is 0.504 e. The first kappa shape index (κ1) is 13.2. The third kappa shape index (κ3) is 2.46. The molecule has 21 heavy (non-hydrogen) atoms. The highest BCUT2D eigenvalue weighted by molar-refractivity contribution is 7.23. The number of nitro groups is 1. The van der Waals surface area contributed by atoms with Crippen molar-refractivity contribution in [3.05, 3.63) is 58.6 Å². The number of rotatable bonds is 3. The van der Waals surface area contributed by atoms with Crippen LogP contribution in [0.4, 0.5) is 16.4 Å². The highest BCUT2D eigenvalue weighted by Crippen LogP contribution is 2.44. The van der Waals surface area contributed by atoms with Crippen LogP contribution in [0.2, 0.25) is 0 Å². The number of hydrogen-bond acceptors (Lipinski definition) is 6. The molecular formula is C14H9N3O3S. The van der Waals surface area contributed by atoms with Gasteiger partial charge in [0.1, 0.15) is 0 Å². The molecule has 0 atom stereocenters. The standard InChI is InChI=1S/C14H9N3O3S/c18-13-9-5-1-4-8-12(9)21-14(13)16-15-10-6-2-3-7-11(10)17(19)20/h1-8,18H. The number of nitrogens with zero attached hydrogens (tertiary/aromatic N) is 3. The summed E-state index contributed by atoms with van der Waals surface area (Å²) in [4.78, 5) is 10.4. The van der Waals surface area contributed by atoms with Crippen molar-refractivity contribution >= 4 is 37.8 Å². The molecule has 0 aliphatic heterocycles. The average Bonchev–Trinajstić information content (AvgIpc) is 2.82. The third-order valence-electron chi connectivity index (χ3n) is 2.88. The Kier molecular flexibility index (Phi) is 3.33. The first-order valence-corrected chi connectivity index (χ1v) is 6.84. The van der Waals surface area contributed by atoms with Crippen LogP contribution in [0.1, 0.15) is 0 Å². The van der Waals surface area contributed by atoms with Crippen LogP contribution in [0.15, 0.2) is 58.8 Å². The molecule has 0 spiro atoms. The molecule has 0 saturated heterocycles. The molecule has 6 nitrogen and oxygen atoms in total. The minimum absolute atomic E-state index is 0.0398. The van der Waals surface area contributed by atoms with Gasteiger partial charge in [-0.15, -0.1) is 21.6 Å². The van der Waals surface area contributed by atoms with Crippen molar-refractivity contribution in [2.24, 2.45) is 10.2 Å². The van der Waals surface area contributed by atoms with E-state index in [2.05, 4.69) is 10.2 Å². The normalized spacial score (nSPS) is 11.2. The molecule has 0 aliphatic rings. The summed E-state index contributed by atoms with van der Waals surface area (Å²) in [7, 11) is 0. The van der Waals surface area contributed by atoms with E-state index in [1.165, 1.54) is 23.5 Å². The SMILES string of the molecule is O=[N+]([O-])c1ccccc1N=Nc1sc2ccccc2c1O. The van der Waals surface area contributed by atoms with Crippen molar-refractivity contribution in [1.29, 1.82) is 0 Å².